The number of ether oxygens (including phenoxy) is 1. The topological polar surface area (TPSA) is 88.7 Å². The molecule has 0 spiro atoms. The van der Waals surface area contributed by atoms with Crippen LogP contribution >= 0.6 is 11.3 Å². The molecule has 5 rings (SSSR count). The molecule has 1 aliphatic heterocycles. The predicted molar refractivity (Wildman–Crippen MR) is 150 cm³/mol. The van der Waals surface area contributed by atoms with Crippen LogP contribution in [0.25, 0.3) is 10.6 Å². The van der Waals surface area contributed by atoms with E-state index in [0.29, 0.717) is 24.3 Å². The number of nitrogens with zero attached hydrogens (tertiary/aromatic N) is 2. The summed E-state index contributed by atoms with van der Waals surface area (Å²) in [6, 6.07) is 26.8. The van der Waals surface area contributed by atoms with E-state index in [2.05, 4.69) is 34.1 Å². The van der Waals surface area contributed by atoms with Crippen LogP contribution in [0.1, 0.15) is 34.4 Å². The summed E-state index contributed by atoms with van der Waals surface area (Å²) in [7, 11) is 0. The molecule has 38 heavy (non-hydrogen) atoms. The Kier molecular flexibility index (Phi) is 8.29. The molecule has 0 unspecified atom stereocenters. The minimum Gasteiger partial charge on any atom is -0.463 e. The fourth-order valence-electron chi connectivity index (χ4n) is 4.92. The van der Waals surface area contributed by atoms with Crippen LogP contribution in [0, 0.1) is 5.92 Å². The van der Waals surface area contributed by atoms with Gasteiger partial charge in [0.05, 0.1) is 6.61 Å². The lowest BCUT2D eigenvalue weighted by atomic mass is 9.86. The fraction of sp³-hybridized carbons (Fsp3) is 0.290. The number of aliphatic hydroxyl groups is 1. The Morgan fingerprint density at radius 2 is 1.61 bits per heavy atom. The number of rotatable bonds is 9. The molecule has 0 amide bonds. The molecule has 0 aliphatic carbocycles. The molecule has 196 valence electrons. The third-order valence-corrected chi connectivity index (χ3v) is 8.27. The maximum Gasteiger partial charge on any atom is 0.347 e. The summed E-state index contributed by atoms with van der Waals surface area (Å²) in [5.41, 5.74) is 6.98. The van der Waals surface area contributed by atoms with Crippen molar-refractivity contribution >= 4 is 17.3 Å². The lowest BCUT2D eigenvalue weighted by Crippen LogP contribution is -2.40. The fourth-order valence-corrected chi connectivity index (χ4v) is 5.72. The first-order valence-corrected chi connectivity index (χ1v) is 13.8. The molecule has 1 atom stereocenters. The second-order valence-corrected chi connectivity index (χ2v) is 10.9. The SMILES string of the molecule is NCc1cnc(-c2ccc([C@](O)(C(=O)OCC3CCN(Cc4ccccc4)CC3)c3ccccc3)cc2)s1. The lowest BCUT2D eigenvalue weighted by molar-refractivity contribution is -0.164. The van der Waals surface area contributed by atoms with Crippen molar-refractivity contribution in [3.63, 3.8) is 0 Å². The van der Waals surface area contributed by atoms with Gasteiger partial charge in [0, 0.05) is 29.7 Å². The molecule has 1 aromatic heterocycles. The van der Waals surface area contributed by atoms with Gasteiger partial charge in [-0.3, -0.25) is 4.90 Å². The molecular weight excluding hydrogens is 494 g/mol. The monoisotopic (exact) mass is 527 g/mol. The Hall–Kier alpha value is -3.36. The number of carbonyl (C=O) groups is 1. The Labute approximate surface area is 227 Å². The first-order chi connectivity index (χ1) is 18.6. The summed E-state index contributed by atoms with van der Waals surface area (Å²) >= 11 is 1.53. The van der Waals surface area contributed by atoms with Crippen LogP contribution in [0.5, 0.6) is 0 Å². The van der Waals surface area contributed by atoms with Gasteiger partial charge in [-0.25, -0.2) is 9.78 Å². The summed E-state index contributed by atoms with van der Waals surface area (Å²) in [4.78, 5) is 21.4. The summed E-state index contributed by atoms with van der Waals surface area (Å²) in [6.07, 6.45) is 3.69. The van der Waals surface area contributed by atoms with E-state index in [-0.39, 0.29) is 5.92 Å². The molecule has 7 heteroatoms. The number of piperidine rings is 1. The Balaban J connectivity index is 1.26. The Bertz CT molecular complexity index is 1320. The van der Waals surface area contributed by atoms with Gasteiger partial charge in [0.15, 0.2) is 0 Å². The first-order valence-electron chi connectivity index (χ1n) is 13.0. The average Bonchev–Trinajstić information content (AvgIpc) is 3.47. The predicted octanol–water partition coefficient (Wildman–Crippen LogP) is 4.96. The number of nitrogens with two attached hydrogens (primary N) is 1. The van der Waals surface area contributed by atoms with E-state index in [9.17, 15) is 9.90 Å². The molecule has 0 saturated carbocycles. The smallest absolute Gasteiger partial charge is 0.347 e. The summed E-state index contributed by atoms with van der Waals surface area (Å²) < 4.78 is 5.81. The normalized spacial score (nSPS) is 16.2. The molecule has 2 heterocycles. The first kappa shape index (κ1) is 26.3. The molecule has 6 nitrogen and oxygen atoms in total. The highest BCUT2D eigenvalue weighted by Gasteiger charge is 2.42. The minimum absolute atomic E-state index is 0.273. The van der Waals surface area contributed by atoms with Crippen molar-refractivity contribution in [2.24, 2.45) is 11.7 Å². The minimum atomic E-state index is -1.90. The van der Waals surface area contributed by atoms with Crippen LogP contribution in [0.2, 0.25) is 0 Å². The van der Waals surface area contributed by atoms with Gasteiger partial charge in [-0.1, -0.05) is 84.9 Å². The summed E-state index contributed by atoms with van der Waals surface area (Å²) in [6.45, 7) is 3.60. The molecule has 1 fully saturated rings. The average molecular weight is 528 g/mol. The van der Waals surface area contributed by atoms with Gasteiger partial charge in [0.2, 0.25) is 5.60 Å². The van der Waals surface area contributed by atoms with Gasteiger partial charge in [0.1, 0.15) is 5.01 Å². The van der Waals surface area contributed by atoms with E-state index in [4.69, 9.17) is 10.5 Å². The van der Waals surface area contributed by atoms with Gasteiger partial charge in [-0.05, 0) is 48.5 Å². The van der Waals surface area contributed by atoms with Crippen molar-refractivity contribution in [2.45, 2.75) is 31.5 Å². The van der Waals surface area contributed by atoms with Gasteiger partial charge >= 0.3 is 5.97 Å². The summed E-state index contributed by atoms with van der Waals surface area (Å²) in [5, 5.41) is 12.7. The van der Waals surface area contributed by atoms with Crippen LogP contribution in [-0.2, 0) is 28.2 Å². The van der Waals surface area contributed by atoms with E-state index in [0.717, 1.165) is 47.9 Å². The van der Waals surface area contributed by atoms with Crippen molar-refractivity contribution in [3.05, 3.63) is 113 Å². The molecule has 0 radical (unpaired) electrons. The second-order valence-electron chi connectivity index (χ2n) is 9.79. The highest BCUT2D eigenvalue weighted by atomic mass is 32.1. The maximum atomic E-state index is 13.5. The van der Waals surface area contributed by atoms with Gasteiger partial charge < -0.3 is 15.6 Å². The molecule has 4 aromatic rings. The van der Waals surface area contributed by atoms with Crippen molar-refractivity contribution in [1.82, 2.24) is 9.88 Å². The number of thiazole rings is 1. The van der Waals surface area contributed by atoms with Crippen molar-refractivity contribution in [3.8, 4) is 10.6 Å². The molecule has 1 saturated heterocycles. The number of aromatic nitrogens is 1. The molecule has 1 aliphatic rings. The number of benzene rings is 3. The Morgan fingerprint density at radius 3 is 2.24 bits per heavy atom. The zero-order valence-electron chi connectivity index (χ0n) is 21.3. The maximum absolute atomic E-state index is 13.5. The van der Waals surface area contributed by atoms with Crippen LogP contribution in [0.4, 0.5) is 0 Å². The number of esters is 1. The highest BCUT2D eigenvalue weighted by Crippen LogP contribution is 2.34. The van der Waals surface area contributed by atoms with E-state index < -0.39 is 11.6 Å². The number of hydrogen-bond donors (Lipinski definition) is 2. The third kappa shape index (κ3) is 5.87. The number of hydrogen-bond acceptors (Lipinski definition) is 7. The largest absolute Gasteiger partial charge is 0.463 e. The van der Waals surface area contributed by atoms with E-state index in [1.54, 1.807) is 30.5 Å². The Morgan fingerprint density at radius 1 is 0.974 bits per heavy atom. The molecule has 3 aromatic carbocycles. The van der Waals surface area contributed by atoms with Crippen LogP contribution < -0.4 is 5.73 Å². The number of likely N-dealkylation sites (tertiary alicyclic amines) is 1. The third-order valence-electron chi connectivity index (χ3n) is 7.20. The van der Waals surface area contributed by atoms with Gasteiger partial charge in [-0.15, -0.1) is 11.3 Å². The zero-order chi connectivity index (χ0) is 26.4. The second kappa shape index (κ2) is 12.0. The van der Waals surface area contributed by atoms with Crippen LogP contribution in [0.15, 0.2) is 91.1 Å². The van der Waals surface area contributed by atoms with Crippen molar-refractivity contribution < 1.29 is 14.6 Å². The zero-order valence-corrected chi connectivity index (χ0v) is 22.1. The van der Waals surface area contributed by atoms with E-state index in [1.807, 2.05) is 36.4 Å². The van der Waals surface area contributed by atoms with E-state index >= 15 is 0 Å². The standard InChI is InChI=1S/C31H33N3O3S/c32-19-28-20-33-29(38-28)25-11-13-27(14-12-25)31(36,26-9-5-2-6-10-26)30(35)37-22-24-15-17-34(18-16-24)21-23-7-3-1-4-8-23/h1-14,20,24,36H,15-19,21-22,32H2/t31-/m0/s1. The summed E-state index contributed by atoms with van der Waals surface area (Å²) in [5.74, 6) is -0.377. The number of carbonyl (C=O) groups excluding carboxylic acids is 1. The van der Waals surface area contributed by atoms with Gasteiger partial charge in [0.25, 0.3) is 0 Å². The van der Waals surface area contributed by atoms with Crippen molar-refractivity contribution in [1.29, 1.82) is 0 Å². The quantitative estimate of drug-likeness (QED) is 0.299. The van der Waals surface area contributed by atoms with Gasteiger partial charge in [-0.2, -0.15) is 0 Å². The van der Waals surface area contributed by atoms with Crippen LogP contribution in [-0.4, -0.2) is 40.7 Å². The molecule has 0 bridgehead atoms. The van der Waals surface area contributed by atoms with Crippen molar-refractivity contribution in [2.75, 3.05) is 19.7 Å². The molecule has 3 N–H and O–H groups in total. The lowest BCUT2D eigenvalue weighted by Gasteiger charge is -2.33. The molecular formula is C31H33N3O3S. The van der Waals surface area contributed by atoms with Crippen LogP contribution in [0.3, 0.4) is 0 Å². The van der Waals surface area contributed by atoms with E-state index in [1.165, 1.54) is 16.9 Å². The highest BCUT2D eigenvalue weighted by molar-refractivity contribution is 7.15.